The molecule has 1 aliphatic rings. The topological polar surface area (TPSA) is 74.2 Å². The summed E-state index contributed by atoms with van der Waals surface area (Å²) < 4.78 is 16.2. The minimum absolute atomic E-state index is 0.193. The molecule has 2 aromatic carbocycles. The Hall–Kier alpha value is -3.41. The van der Waals surface area contributed by atoms with Crippen molar-refractivity contribution in [2.75, 3.05) is 6.61 Å². The van der Waals surface area contributed by atoms with Gasteiger partial charge in [-0.1, -0.05) is 39.0 Å². The normalized spacial score (nSPS) is 14.6. The Bertz CT molecular complexity index is 1000. The van der Waals surface area contributed by atoms with Crippen LogP contribution in [-0.4, -0.2) is 24.4 Å². The summed E-state index contributed by atoms with van der Waals surface area (Å²) >= 11 is 0. The summed E-state index contributed by atoms with van der Waals surface area (Å²) in [7, 11) is 0. The van der Waals surface area contributed by atoms with Crippen LogP contribution in [0.25, 0.3) is 6.08 Å². The number of aliphatic imine (C=N–C) groups is 1. The molecule has 0 N–H and O–H groups in total. The van der Waals surface area contributed by atoms with Crippen LogP contribution in [0.1, 0.15) is 56.7 Å². The molecule has 0 fully saturated rings. The van der Waals surface area contributed by atoms with E-state index in [0.717, 1.165) is 5.56 Å². The summed E-state index contributed by atoms with van der Waals surface area (Å²) in [6.07, 6.45) is 1.88. The van der Waals surface area contributed by atoms with Gasteiger partial charge in [0, 0.05) is 12.0 Å². The molecule has 0 bridgehead atoms. The van der Waals surface area contributed by atoms with Gasteiger partial charge in [-0.25, -0.2) is 9.79 Å². The SMILES string of the molecule is CCOc1cc(/C=C2\N=C(c3ccc(C(C)C)cc3)OC2=O)ccc1OC(=O)CC. The molecule has 0 spiro atoms. The summed E-state index contributed by atoms with van der Waals surface area (Å²) in [6.45, 7) is 8.21. The lowest BCUT2D eigenvalue weighted by atomic mass is 10.0. The summed E-state index contributed by atoms with van der Waals surface area (Å²) in [5, 5.41) is 0. The lowest BCUT2D eigenvalue weighted by Crippen LogP contribution is -2.07. The van der Waals surface area contributed by atoms with Gasteiger partial charge in [-0.3, -0.25) is 4.79 Å². The van der Waals surface area contributed by atoms with E-state index in [-0.39, 0.29) is 24.0 Å². The van der Waals surface area contributed by atoms with Crippen molar-refractivity contribution in [2.24, 2.45) is 4.99 Å². The predicted molar refractivity (Wildman–Crippen MR) is 115 cm³/mol. The third-order valence-corrected chi connectivity index (χ3v) is 4.53. The van der Waals surface area contributed by atoms with Gasteiger partial charge >= 0.3 is 11.9 Å². The molecule has 0 aromatic heterocycles. The Kier molecular flexibility index (Phi) is 6.67. The van der Waals surface area contributed by atoms with Gasteiger partial charge in [0.25, 0.3) is 0 Å². The average Bonchev–Trinajstić information content (AvgIpc) is 3.10. The minimum atomic E-state index is -0.516. The van der Waals surface area contributed by atoms with E-state index in [1.165, 1.54) is 5.56 Å². The van der Waals surface area contributed by atoms with Gasteiger partial charge in [-0.05, 0) is 54.3 Å². The van der Waals surface area contributed by atoms with Crippen molar-refractivity contribution in [3.8, 4) is 11.5 Å². The quantitative estimate of drug-likeness (QED) is 0.372. The smallest absolute Gasteiger partial charge is 0.363 e. The number of nitrogens with zero attached hydrogens (tertiary/aromatic N) is 1. The summed E-state index contributed by atoms with van der Waals surface area (Å²) in [5.74, 6) is 0.598. The van der Waals surface area contributed by atoms with Gasteiger partial charge < -0.3 is 14.2 Å². The third-order valence-electron chi connectivity index (χ3n) is 4.53. The summed E-state index contributed by atoms with van der Waals surface area (Å²) in [6, 6.07) is 12.9. The van der Waals surface area contributed by atoms with Crippen molar-refractivity contribution >= 4 is 23.9 Å². The van der Waals surface area contributed by atoms with Crippen LogP contribution in [0, 0.1) is 0 Å². The van der Waals surface area contributed by atoms with E-state index in [2.05, 4.69) is 18.8 Å². The molecule has 30 heavy (non-hydrogen) atoms. The van der Waals surface area contributed by atoms with Crippen LogP contribution in [0.2, 0.25) is 0 Å². The van der Waals surface area contributed by atoms with Crippen LogP contribution >= 0.6 is 0 Å². The standard InChI is InChI=1S/C24H25NO5/c1-5-22(26)29-20-12-7-16(14-21(20)28-6-2)13-19-24(27)30-23(25-19)18-10-8-17(9-11-18)15(3)4/h7-15H,5-6H2,1-4H3/b19-13-. The molecule has 0 saturated heterocycles. The number of cyclic esters (lactones) is 1. The number of carbonyl (C=O) groups excluding carboxylic acids is 2. The highest BCUT2D eigenvalue weighted by Gasteiger charge is 2.24. The zero-order chi connectivity index (χ0) is 21.7. The maximum absolute atomic E-state index is 12.3. The van der Waals surface area contributed by atoms with Gasteiger partial charge in [-0.15, -0.1) is 0 Å². The molecule has 0 atom stereocenters. The van der Waals surface area contributed by atoms with Gasteiger partial charge in [0.2, 0.25) is 5.90 Å². The van der Waals surface area contributed by atoms with Crippen LogP contribution < -0.4 is 9.47 Å². The van der Waals surface area contributed by atoms with Crippen molar-refractivity contribution in [1.82, 2.24) is 0 Å². The van der Waals surface area contributed by atoms with Crippen molar-refractivity contribution in [2.45, 2.75) is 40.0 Å². The molecular formula is C24H25NO5. The van der Waals surface area contributed by atoms with E-state index in [9.17, 15) is 9.59 Å². The molecule has 156 valence electrons. The monoisotopic (exact) mass is 407 g/mol. The molecule has 6 nitrogen and oxygen atoms in total. The number of carbonyl (C=O) groups is 2. The first kappa shape index (κ1) is 21.3. The van der Waals surface area contributed by atoms with Crippen molar-refractivity contribution in [3.05, 3.63) is 64.9 Å². The minimum Gasteiger partial charge on any atom is -0.490 e. The first-order valence-corrected chi connectivity index (χ1v) is 10.0. The van der Waals surface area contributed by atoms with E-state index in [1.54, 1.807) is 31.2 Å². The Labute approximate surface area is 176 Å². The van der Waals surface area contributed by atoms with Crippen LogP contribution in [0.15, 0.2) is 53.2 Å². The molecule has 0 aliphatic carbocycles. The molecule has 1 aliphatic heterocycles. The van der Waals surface area contributed by atoms with E-state index in [4.69, 9.17) is 14.2 Å². The van der Waals surface area contributed by atoms with Crippen LogP contribution in [0.5, 0.6) is 11.5 Å². The van der Waals surface area contributed by atoms with Gasteiger partial charge in [-0.2, -0.15) is 0 Å². The van der Waals surface area contributed by atoms with Gasteiger partial charge in [0.15, 0.2) is 17.2 Å². The maximum atomic E-state index is 12.3. The predicted octanol–water partition coefficient (Wildman–Crippen LogP) is 4.87. The lowest BCUT2D eigenvalue weighted by Gasteiger charge is -2.10. The van der Waals surface area contributed by atoms with Crippen LogP contribution in [-0.2, 0) is 14.3 Å². The molecule has 0 unspecified atom stereocenters. The second-order valence-corrected chi connectivity index (χ2v) is 7.08. The van der Waals surface area contributed by atoms with Crippen LogP contribution in [0.4, 0.5) is 0 Å². The average molecular weight is 407 g/mol. The highest BCUT2D eigenvalue weighted by atomic mass is 16.6. The molecular weight excluding hydrogens is 382 g/mol. The molecule has 0 amide bonds. The van der Waals surface area contributed by atoms with Gasteiger partial charge in [0.05, 0.1) is 6.61 Å². The number of hydrogen-bond donors (Lipinski definition) is 0. The molecule has 0 radical (unpaired) electrons. The number of esters is 2. The summed E-state index contributed by atoms with van der Waals surface area (Å²) in [5.41, 5.74) is 2.82. The summed E-state index contributed by atoms with van der Waals surface area (Å²) in [4.78, 5) is 28.2. The Morgan fingerprint density at radius 3 is 2.47 bits per heavy atom. The molecule has 2 aromatic rings. The van der Waals surface area contributed by atoms with Gasteiger partial charge in [0.1, 0.15) is 0 Å². The number of ether oxygens (including phenoxy) is 3. The van der Waals surface area contributed by atoms with E-state index in [0.29, 0.717) is 29.6 Å². The largest absolute Gasteiger partial charge is 0.490 e. The number of benzene rings is 2. The fraction of sp³-hybridized carbons (Fsp3) is 0.292. The zero-order valence-electron chi connectivity index (χ0n) is 17.6. The molecule has 6 heteroatoms. The van der Waals surface area contributed by atoms with Crippen molar-refractivity contribution in [3.63, 3.8) is 0 Å². The second-order valence-electron chi connectivity index (χ2n) is 7.08. The fourth-order valence-electron chi connectivity index (χ4n) is 2.86. The lowest BCUT2D eigenvalue weighted by molar-refractivity contribution is -0.134. The highest BCUT2D eigenvalue weighted by molar-refractivity contribution is 6.12. The maximum Gasteiger partial charge on any atom is 0.363 e. The molecule has 1 heterocycles. The third kappa shape index (κ3) is 4.95. The first-order chi connectivity index (χ1) is 14.4. The zero-order valence-corrected chi connectivity index (χ0v) is 17.6. The van der Waals surface area contributed by atoms with Crippen molar-refractivity contribution in [1.29, 1.82) is 0 Å². The van der Waals surface area contributed by atoms with Crippen LogP contribution in [0.3, 0.4) is 0 Å². The Morgan fingerprint density at radius 2 is 1.83 bits per heavy atom. The number of rotatable bonds is 7. The Balaban J connectivity index is 1.87. The highest BCUT2D eigenvalue weighted by Crippen LogP contribution is 2.30. The Morgan fingerprint density at radius 1 is 1.10 bits per heavy atom. The molecule has 0 saturated carbocycles. The second kappa shape index (κ2) is 9.39. The first-order valence-electron chi connectivity index (χ1n) is 10.0. The number of hydrogen-bond acceptors (Lipinski definition) is 6. The fourth-order valence-corrected chi connectivity index (χ4v) is 2.86. The van der Waals surface area contributed by atoms with E-state index < -0.39 is 5.97 Å². The van der Waals surface area contributed by atoms with E-state index >= 15 is 0 Å². The van der Waals surface area contributed by atoms with E-state index in [1.807, 2.05) is 31.2 Å². The molecule has 3 rings (SSSR count). The van der Waals surface area contributed by atoms with Crippen molar-refractivity contribution < 1.29 is 23.8 Å².